The van der Waals surface area contributed by atoms with Gasteiger partial charge in [-0.3, -0.25) is 14.6 Å². The Morgan fingerprint density at radius 3 is 2.85 bits per heavy atom. The van der Waals surface area contributed by atoms with E-state index in [0.717, 1.165) is 12.8 Å². The van der Waals surface area contributed by atoms with Crippen LogP contribution in [0.3, 0.4) is 0 Å². The van der Waals surface area contributed by atoms with E-state index in [1.54, 1.807) is 11.0 Å². The van der Waals surface area contributed by atoms with E-state index in [1.807, 2.05) is 0 Å². The Balaban J connectivity index is 1.93. The van der Waals surface area contributed by atoms with Gasteiger partial charge in [0.1, 0.15) is 5.75 Å². The molecule has 3 rings (SSSR count). The average Bonchev–Trinajstić information content (AvgIpc) is 3.07. The molecule has 33 heavy (non-hydrogen) atoms. The first-order chi connectivity index (χ1) is 15.8. The summed E-state index contributed by atoms with van der Waals surface area (Å²) in [5.41, 5.74) is 12.0. The molecule has 0 spiro atoms. The van der Waals surface area contributed by atoms with Crippen molar-refractivity contribution in [1.29, 1.82) is 0 Å². The van der Waals surface area contributed by atoms with Crippen LogP contribution < -0.4 is 21.1 Å². The Kier molecular flexibility index (Phi) is 7.78. The van der Waals surface area contributed by atoms with E-state index >= 15 is 0 Å². The summed E-state index contributed by atoms with van der Waals surface area (Å²) in [7, 11) is 0. The normalized spacial score (nSPS) is 15.0. The molecule has 0 bridgehead atoms. The molecule has 0 radical (unpaired) electrons. The maximum Gasteiger partial charge on any atom is 0.387 e. The summed E-state index contributed by atoms with van der Waals surface area (Å²) in [5, 5.41) is 5.82. The lowest BCUT2D eigenvalue weighted by Crippen LogP contribution is -2.29. The third-order valence-corrected chi connectivity index (χ3v) is 5.10. The van der Waals surface area contributed by atoms with Crippen molar-refractivity contribution in [3.63, 3.8) is 0 Å². The van der Waals surface area contributed by atoms with Gasteiger partial charge in [-0.1, -0.05) is 6.58 Å². The van der Waals surface area contributed by atoms with Crippen molar-refractivity contribution >= 4 is 34.4 Å². The topological polar surface area (TPSA) is 130 Å². The largest absolute Gasteiger partial charge is 0.433 e. The number of nitrogens with two attached hydrogens (primary N) is 2. The Hall–Kier alpha value is -3.73. The number of anilines is 1. The molecule has 1 aromatic carbocycles. The Morgan fingerprint density at radius 1 is 1.36 bits per heavy atom. The molecule has 1 aliphatic heterocycles. The highest BCUT2D eigenvalue weighted by Gasteiger charge is 2.22. The molecule has 1 aliphatic rings. The number of carbonyl (C=O) groups excluding carboxylic acids is 2. The number of alkyl halides is 2. The molecular weight excluding hydrogens is 434 g/mol. The first kappa shape index (κ1) is 23.9. The number of nitrogens with zero attached hydrogens (tertiary/aromatic N) is 3. The molecule has 176 valence electrons. The zero-order valence-corrected chi connectivity index (χ0v) is 18.0. The summed E-state index contributed by atoms with van der Waals surface area (Å²) in [6, 6.07) is 4.56. The number of nitrogens with one attached hydrogen (secondary N) is 1. The quantitative estimate of drug-likeness (QED) is 0.172. The van der Waals surface area contributed by atoms with Crippen LogP contribution in [0.2, 0.25) is 0 Å². The van der Waals surface area contributed by atoms with Crippen LogP contribution in [-0.2, 0) is 4.79 Å². The standard InChI is InChI=1S/C22H26F2N6O3/c1-14(11-27-30(13-26)7-5-25)21(32)18-8-15-9-20(33-22(23)24)19(10-17(15)28-18)29-6-3-2-4-16(31)12-29/h5,7-11,22,28H,1-4,6,12-13,25-26H2/b7-5+,27-11-. The lowest BCUT2D eigenvalue weighted by atomic mass is 10.1. The average molecular weight is 460 g/mol. The molecule has 11 heteroatoms. The number of ketones is 2. The van der Waals surface area contributed by atoms with Gasteiger partial charge in [-0.25, -0.2) is 0 Å². The lowest BCUT2D eigenvalue weighted by Gasteiger charge is -2.24. The molecule has 1 fully saturated rings. The molecule has 5 N–H and O–H groups in total. The molecule has 0 aliphatic carbocycles. The van der Waals surface area contributed by atoms with Crippen LogP contribution in [0.1, 0.15) is 29.8 Å². The van der Waals surface area contributed by atoms with Crippen LogP contribution in [0.15, 0.2) is 47.9 Å². The third-order valence-electron chi connectivity index (χ3n) is 5.10. The smallest absolute Gasteiger partial charge is 0.387 e. The summed E-state index contributed by atoms with van der Waals surface area (Å²) in [6.07, 6.45) is 5.89. The number of hydrogen-bond donors (Lipinski definition) is 3. The van der Waals surface area contributed by atoms with Crippen LogP contribution in [0.5, 0.6) is 5.75 Å². The summed E-state index contributed by atoms with van der Waals surface area (Å²) in [5.74, 6) is -0.464. The van der Waals surface area contributed by atoms with Gasteiger partial charge < -0.3 is 26.1 Å². The zero-order chi connectivity index (χ0) is 24.0. The second kappa shape index (κ2) is 10.7. The van der Waals surface area contributed by atoms with E-state index in [9.17, 15) is 18.4 Å². The van der Waals surface area contributed by atoms with Crippen LogP contribution in [0.4, 0.5) is 14.5 Å². The molecule has 0 atom stereocenters. The fraction of sp³-hybridized carbons (Fsp3) is 0.318. The number of rotatable bonds is 9. The summed E-state index contributed by atoms with van der Waals surface area (Å²) in [4.78, 5) is 29.6. The SMILES string of the molecule is C=C(/C=N\N(/C=C/N)CN)C(=O)c1cc2cc(OC(F)F)c(N3CCCCC(=O)C3)cc2[nH]1. The van der Waals surface area contributed by atoms with E-state index in [0.29, 0.717) is 29.6 Å². The highest BCUT2D eigenvalue weighted by molar-refractivity contribution is 6.21. The number of aromatic nitrogens is 1. The van der Waals surface area contributed by atoms with Crippen LogP contribution in [-0.4, -0.2) is 54.1 Å². The van der Waals surface area contributed by atoms with Crippen molar-refractivity contribution in [3.05, 3.63) is 48.4 Å². The van der Waals surface area contributed by atoms with Gasteiger partial charge >= 0.3 is 6.61 Å². The van der Waals surface area contributed by atoms with Crippen LogP contribution in [0, 0.1) is 0 Å². The monoisotopic (exact) mass is 460 g/mol. The van der Waals surface area contributed by atoms with Crippen molar-refractivity contribution < 1.29 is 23.1 Å². The van der Waals surface area contributed by atoms with Gasteiger partial charge in [0.2, 0.25) is 5.78 Å². The van der Waals surface area contributed by atoms with Gasteiger partial charge in [-0.05, 0) is 31.0 Å². The van der Waals surface area contributed by atoms with E-state index < -0.39 is 12.4 Å². The van der Waals surface area contributed by atoms with Gasteiger partial charge in [0.05, 0.1) is 30.8 Å². The molecular formula is C22H26F2N6O3. The molecule has 1 saturated heterocycles. The molecule has 0 amide bonds. The van der Waals surface area contributed by atoms with Crippen LogP contribution in [0.25, 0.3) is 10.9 Å². The van der Waals surface area contributed by atoms with Crippen molar-refractivity contribution in [3.8, 4) is 5.75 Å². The molecule has 2 aromatic rings. The Morgan fingerprint density at radius 2 is 2.15 bits per heavy atom. The van der Waals surface area contributed by atoms with Crippen LogP contribution >= 0.6 is 0 Å². The van der Waals surface area contributed by atoms with Crippen molar-refractivity contribution in [2.24, 2.45) is 16.6 Å². The number of ether oxygens (including phenoxy) is 1. The van der Waals surface area contributed by atoms with Gasteiger partial charge in [0.25, 0.3) is 0 Å². The fourth-order valence-electron chi connectivity index (χ4n) is 3.53. The molecule has 9 nitrogen and oxygen atoms in total. The Bertz CT molecular complexity index is 1100. The number of carbonyl (C=O) groups is 2. The molecule has 2 heterocycles. The minimum absolute atomic E-state index is 0.0320. The van der Waals surface area contributed by atoms with Crippen molar-refractivity contribution in [2.75, 3.05) is 24.7 Å². The first-order valence-electron chi connectivity index (χ1n) is 10.3. The first-order valence-corrected chi connectivity index (χ1v) is 10.3. The number of Topliss-reactive ketones (excluding diaryl/α,β-unsaturated/α-hetero) is 2. The molecule has 1 aromatic heterocycles. The second-order valence-corrected chi connectivity index (χ2v) is 7.45. The number of hydrazone groups is 1. The number of halogens is 2. The van der Waals surface area contributed by atoms with Gasteiger partial charge in [0, 0.05) is 41.8 Å². The minimum atomic E-state index is -3.03. The summed E-state index contributed by atoms with van der Waals surface area (Å²) >= 11 is 0. The highest BCUT2D eigenvalue weighted by atomic mass is 19.3. The predicted octanol–water partition coefficient (Wildman–Crippen LogP) is 2.70. The van der Waals surface area contributed by atoms with Crippen molar-refractivity contribution in [1.82, 2.24) is 9.99 Å². The number of aromatic amines is 1. The summed E-state index contributed by atoms with van der Waals surface area (Å²) in [6.45, 7) is 1.38. The van der Waals surface area contributed by atoms with Gasteiger partial charge in [0.15, 0.2) is 5.78 Å². The van der Waals surface area contributed by atoms with Crippen molar-refractivity contribution in [2.45, 2.75) is 25.9 Å². The second-order valence-electron chi connectivity index (χ2n) is 7.45. The van der Waals surface area contributed by atoms with E-state index in [4.69, 9.17) is 16.2 Å². The molecule has 0 unspecified atom stereocenters. The lowest BCUT2D eigenvalue weighted by molar-refractivity contribution is -0.117. The maximum atomic E-state index is 13.1. The maximum absolute atomic E-state index is 13.1. The van der Waals surface area contributed by atoms with E-state index in [-0.39, 0.29) is 36.0 Å². The Labute approximate surface area is 189 Å². The fourth-order valence-corrected chi connectivity index (χ4v) is 3.53. The summed E-state index contributed by atoms with van der Waals surface area (Å²) < 4.78 is 30.9. The number of hydrogen-bond acceptors (Lipinski definition) is 8. The number of allylic oxidation sites excluding steroid dienone is 1. The van der Waals surface area contributed by atoms with E-state index in [1.165, 1.54) is 35.8 Å². The van der Waals surface area contributed by atoms with Gasteiger partial charge in [-0.2, -0.15) is 13.9 Å². The van der Waals surface area contributed by atoms with E-state index in [2.05, 4.69) is 16.7 Å². The third kappa shape index (κ3) is 5.95. The predicted molar refractivity (Wildman–Crippen MR) is 122 cm³/mol. The number of fused-ring (bicyclic) bond motifs is 1. The number of benzene rings is 1. The molecule has 0 saturated carbocycles. The van der Waals surface area contributed by atoms with Gasteiger partial charge in [-0.15, -0.1) is 0 Å². The minimum Gasteiger partial charge on any atom is -0.433 e. The highest BCUT2D eigenvalue weighted by Crippen LogP contribution is 2.35. The zero-order valence-electron chi connectivity index (χ0n) is 18.0. The number of H-pyrrole nitrogens is 1.